The minimum atomic E-state index is -0.480. The Morgan fingerprint density at radius 2 is 1.79 bits per heavy atom. The van der Waals surface area contributed by atoms with Crippen LogP contribution in [0.25, 0.3) is 0 Å². The van der Waals surface area contributed by atoms with Crippen molar-refractivity contribution in [2.75, 3.05) is 0 Å². The molecule has 7 heteroatoms. The van der Waals surface area contributed by atoms with Gasteiger partial charge in [0, 0.05) is 23.5 Å². The van der Waals surface area contributed by atoms with E-state index in [0.717, 1.165) is 32.1 Å². The third-order valence-electron chi connectivity index (χ3n) is 6.84. The highest BCUT2D eigenvalue weighted by atomic mass is 35.5. The van der Waals surface area contributed by atoms with Gasteiger partial charge in [-0.25, -0.2) is 4.79 Å². The molecule has 0 radical (unpaired) electrons. The van der Waals surface area contributed by atoms with Gasteiger partial charge in [0.25, 0.3) is 5.91 Å². The number of rotatable bonds is 3. The predicted molar refractivity (Wildman–Crippen MR) is 110 cm³/mol. The fraction of sp³-hybridized carbons (Fsp3) is 0.500. The number of hydrogen-bond donors (Lipinski definition) is 2. The standard InChI is InChI=1S/C22H25ClN4O2/c23-18-6-2-4-8-27(18)20(29)26-22-12-15-9-16(13-22)11-21(10-15,14-22)25-19(28)17-5-1-3-7-24-17/h1-8,15-16,18H,9-14H2,(H,25,28)(H,26,29). The van der Waals surface area contributed by atoms with Crippen molar-refractivity contribution in [2.45, 2.75) is 55.1 Å². The zero-order valence-corrected chi connectivity index (χ0v) is 16.9. The van der Waals surface area contributed by atoms with E-state index in [1.165, 1.54) is 11.3 Å². The number of hydrogen-bond acceptors (Lipinski definition) is 3. The number of alkyl halides is 1. The highest BCUT2D eigenvalue weighted by Crippen LogP contribution is 2.57. The van der Waals surface area contributed by atoms with Crippen LogP contribution in [-0.2, 0) is 0 Å². The maximum absolute atomic E-state index is 13.0. The van der Waals surface area contributed by atoms with Gasteiger partial charge in [-0.1, -0.05) is 23.7 Å². The zero-order chi connectivity index (χ0) is 20.1. The lowest BCUT2D eigenvalue weighted by Gasteiger charge is -2.62. The third-order valence-corrected chi connectivity index (χ3v) is 7.19. The Balaban J connectivity index is 1.35. The van der Waals surface area contributed by atoms with Crippen LogP contribution in [-0.4, -0.2) is 38.4 Å². The number of aromatic nitrogens is 1. The first-order valence-electron chi connectivity index (χ1n) is 10.3. The molecule has 0 spiro atoms. The van der Waals surface area contributed by atoms with Crippen LogP contribution in [0.1, 0.15) is 49.0 Å². The number of halogens is 1. The molecule has 6 nitrogen and oxygen atoms in total. The summed E-state index contributed by atoms with van der Waals surface area (Å²) in [7, 11) is 0. The molecule has 1 aromatic rings. The maximum Gasteiger partial charge on any atom is 0.323 e. The lowest BCUT2D eigenvalue weighted by atomic mass is 9.50. The average Bonchev–Trinajstić information content (AvgIpc) is 2.67. The molecule has 4 aliphatic carbocycles. The second-order valence-corrected chi connectivity index (χ2v) is 9.57. The van der Waals surface area contributed by atoms with Crippen LogP contribution in [0.3, 0.4) is 0 Å². The summed E-state index contributed by atoms with van der Waals surface area (Å²) >= 11 is 6.29. The Morgan fingerprint density at radius 3 is 2.45 bits per heavy atom. The van der Waals surface area contributed by atoms with Crippen LogP contribution in [0.15, 0.2) is 48.8 Å². The van der Waals surface area contributed by atoms with Gasteiger partial charge in [0.05, 0.1) is 0 Å². The molecule has 4 saturated carbocycles. The SMILES string of the molecule is O=C(NC12CC3CC(C1)CC(NC(=O)N1C=CC=CC1Cl)(C3)C2)c1ccccn1. The first-order valence-corrected chi connectivity index (χ1v) is 10.7. The largest absolute Gasteiger partial charge is 0.345 e. The van der Waals surface area contributed by atoms with E-state index in [4.69, 9.17) is 11.6 Å². The van der Waals surface area contributed by atoms with Gasteiger partial charge in [0.1, 0.15) is 11.2 Å². The second-order valence-electron chi connectivity index (χ2n) is 9.13. The van der Waals surface area contributed by atoms with E-state index in [9.17, 15) is 9.59 Å². The van der Waals surface area contributed by atoms with Crippen molar-refractivity contribution in [3.63, 3.8) is 0 Å². The predicted octanol–water partition coefficient (Wildman–Crippen LogP) is 3.56. The average molecular weight is 413 g/mol. The van der Waals surface area contributed by atoms with E-state index in [-0.39, 0.29) is 23.0 Å². The van der Waals surface area contributed by atoms with Gasteiger partial charge in [0.2, 0.25) is 0 Å². The number of carbonyl (C=O) groups is 2. The minimum Gasteiger partial charge on any atom is -0.345 e. The Morgan fingerprint density at radius 1 is 1.07 bits per heavy atom. The summed E-state index contributed by atoms with van der Waals surface area (Å²) in [5, 5.41) is 6.62. The summed E-state index contributed by atoms with van der Waals surface area (Å²) in [4.78, 5) is 31.6. The van der Waals surface area contributed by atoms with E-state index < -0.39 is 5.50 Å². The Bertz CT molecular complexity index is 870. The summed E-state index contributed by atoms with van der Waals surface area (Å²) in [6.07, 6.45) is 14.6. The van der Waals surface area contributed by atoms with Gasteiger partial charge >= 0.3 is 6.03 Å². The first kappa shape index (κ1) is 18.7. The monoisotopic (exact) mass is 412 g/mol. The molecular formula is C22H25ClN4O2. The van der Waals surface area contributed by atoms with Crippen molar-refractivity contribution < 1.29 is 9.59 Å². The molecule has 2 heterocycles. The van der Waals surface area contributed by atoms with Crippen molar-refractivity contribution in [3.05, 3.63) is 54.5 Å². The number of urea groups is 1. The first-order chi connectivity index (χ1) is 14.0. The summed E-state index contributed by atoms with van der Waals surface area (Å²) in [5.74, 6) is 0.910. The maximum atomic E-state index is 13.0. The number of allylic oxidation sites excluding steroid dienone is 2. The van der Waals surface area contributed by atoms with Crippen LogP contribution < -0.4 is 10.6 Å². The lowest BCUT2D eigenvalue weighted by molar-refractivity contribution is -0.0441. The van der Waals surface area contributed by atoms with Crippen LogP contribution >= 0.6 is 11.6 Å². The summed E-state index contributed by atoms with van der Waals surface area (Å²) in [6.45, 7) is 0. The van der Waals surface area contributed by atoms with E-state index in [0.29, 0.717) is 17.5 Å². The Kier molecular flexibility index (Phi) is 4.42. The molecule has 4 fully saturated rings. The third kappa shape index (κ3) is 3.44. The van der Waals surface area contributed by atoms with Crippen molar-refractivity contribution >= 4 is 23.5 Å². The highest BCUT2D eigenvalue weighted by Gasteiger charge is 2.59. The normalized spacial score (nSPS) is 36.9. The number of carbonyl (C=O) groups excluding carboxylic acids is 2. The number of nitrogens with one attached hydrogen (secondary N) is 2. The van der Waals surface area contributed by atoms with Crippen molar-refractivity contribution in [1.29, 1.82) is 0 Å². The summed E-state index contributed by atoms with van der Waals surface area (Å²) < 4.78 is 0. The second kappa shape index (κ2) is 6.87. The van der Waals surface area contributed by atoms with Gasteiger partial charge < -0.3 is 10.6 Å². The van der Waals surface area contributed by atoms with E-state index in [1.54, 1.807) is 30.6 Å². The molecule has 1 aliphatic heterocycles. The fourth-order valence-corrected chi connectivity index (χ4v) is 6.54. The quantitative estimate of drug-likeness (QED) is 0.588. The summed E-state index contributed by atoms with van der Waals surface area (Å²) in [6, 6.07) is 5.20. The van der Waals surface area contributed by atoms with Crippen LogP contribution in [0.4, 0.5) is 4.79 Å². The Labute approximate surface area is 175 Å². The van der Waals surface area contributed by atoms with Crippen molar-refractivity contribution in [2.24, 2.45) is 11.8 Å². The number of amides is 3. The molecule has 4 bridgehead atoms. The molecule has 3 amide bonds. The minimum absolute atomic E-state index is 0.126. The summed E-state index contributed by atoms with van der Waals surface area (Å²) in [5.41, 5.74) is -0.600. The molecule has 0 saturated heterocycles. The van der Waals surface area contributed by atoms with Crippen LogP contribution in [0.5, 0.6) is 0 Å². The van der Waals surface area contributed by atoms with Crippen LogP contribution in [0, 0.1) is 11.8 Å². The number of nitrogens with zero attached hydrogens (tertiary/aromatic N) is 2. The Hall–Kier alpha value is -2.34. The molecule has 152 valence electrons. The van der Waals surface area contributed by atoms with Gasteiger partial charge in [-0.15, -0.1) is 0 Å². The van der Waals surface area contributed by atoms with Crippen molar-refractivity contribution in [3.8, 4) is 0 Å². The molecule has 3 unspecified atom stereocenters. The molecule has 6 rings (SSSR count). The molecular weight excluding hydrogens is 388 g/mol. The van der Waals surface area contributed by atoms with E-state index in [1.807, 2.05) is 18.2 Å². The fourth-order valence-electron chi connectivity index (χ4n) is 6.30. The molecule has 29 heavy (non-hydrogen) atoms. The lowest BCUT2D eigenvalue weighted by Crippen LogP contribution is -2.70. The van der Waals surface area contributed by atoms with E-state index in [2.05, 4.69) is 15.6 Å². The number of pyridine rings is 1. The molecule has 2 N–H and O–H groups in total. The molecule has 1 aromatic heterocycles. The van der Waals surface area contributed by atoms with E-state index >= 15 is 0 Å². The topological polar surface area (TPSA) is 74.3 Å². The highest BCUT2D eigenvalue weighted by molar-refractivity contribution is 6.22. The smallest absolute Gasteiger partial charge is 0.323 e. The zero-order valence-electron chi connectivity index (χ0n) is 16.2. The van der Waals surface area contributed by atoms with Gasteiger partial charge in [-0.2, -0.15) is 0 Å². The van der Waals surface area contributed by atoms with Gasteiger partial charge in [0.15, 0.2) is 0 Å². The van der Waals surface area contributed by atoms with Crippen LogP contribution in [0.2, 0.25) is 0 Å². The van der Waals surface area contributed by atoms with Gasteiger partial charge in [-0.3, -0.25) is 14.7 Å². The molecule has 5 aliphatic rings. The molecule has 0 aromatic carbocycles. The molecule has 3 atom stereocenters. The van der Waals surface area contributed by atoms with Gasteiger partial charge in [-0.05, 0) is 74.6 Å². The van der Waals surface area contributed by atoms with Crippen molar-refractivity contribution in [1.82, 2.24) is 20.5 Å².